The first-order valence-electron chi connectivity index (χ1n) is 12.9. The third-order valence-corrected chi connectivity index (χ3v) is 7.58. The molecule has 38 heavy (non-hydrogen) atoms. The van der Waals surface area contributed by atoms with Crippen LogP contribution in [0.5, 0.6) is 11.6 Å². The summed E-state index contributed by atoms with van der Waals surface area (Å²) >= 11 is 0. The summed E-state index contributed by atoms with van der Waals surface area (Å²) in [5.41, 5.74) is 0.490. The maximum atomic E-state index is 13.1. The normalized spacial score (nSPS) is 23.2. The number of alkyl halides is 3. The lowest BCUT2D eigenvalue weighted by Crippen LogP contribution is -2.43. The molecule has 2 saturated heterocycles. The molecule has 5 rings (SSSR count). The number of aryl methyl sites for hydroxylation is 1. The summed E-state index contributed by atoms with van der Waals surface area (Å²) in [5.74, 6) is 0.968. The number of rotatable bonds is 8. The number of halogens is 3. The topological polar surface area (TPSA) is 80.1 Å². The van der Waals surface area contributed by atoms with Crippen molar-refractivity contribution >= 4 is 12.0 Å². The average Bonchev–Trinajstić information content (AvgIpc) is 3.16. The van der Waals surface area contributed by atoms with Crippen LogP contribution in [-0.4, -0.2) is 81.9 Å². The predicted octanol–water partition coefficient (Wildman–Crippen LogP) is 3.51. The number of carbonyl (C=O) groups excluding carboxylic acids is 2. The van der Waals surface area contributed by atoms with E-state index < -0.39 is 12.5 Å². The van der Waals surface area contributed by atoms with Crippen molar-refractivity contribution in [3.63, 3.8) is 0 Å². The minimum atomic E-state index is -4.80. The lowest BCUT2D eigenvalue weighted by atomic mass is 10.1. The number of hydrogen-bond donors (Lipinski definition) is 0. The molecule has 2 aliphatic heterocycles. The van der Waals surface area contributed by atoms with Crippen LogP contribution in [0.1, 0.15) is 24.8 Å². The fourth-order valence-corrected chi connectivity index (χ4v) is 5.69. The summed E-state index contributed by atoms with van der Waals surface area (Å²) in [5, 5.41) is 0. The molecule has 12 heteroatoms. The van der Waals surface area contributed by atoms with Gasteiger partial charge in [0.05, 0.1) is 19.1 Å². The van der Waals surface area contributed by atoms with E-state index in [1.54, 1.807) is 23.9 Å². The Kier molecular flexibility index (Phi) is 7.51. The quantitative estimate of drug-likeness (QED) is 0.515. The molecule has 9 nitrogen and oxygen atoms in total. The van der Waals surface area contributed by atoms with E-state index in [-0.39, 0.29) is 30.0 Å². The van der Waals surface area contributed by atoms with Gasteiger partial charge >= 0.3 is 12.5 Å². The molecule has 3 aliphatic rings. The van der Waals surface area contributed by atoms with Crippen LogP contribution in [0.15, 0.2) is 36.8 Å². The first-order chi connectivity index (χ1) is 18.1. The van der Waals surface area contributed by atoms with Crippen LogP contribution in [0.4, 0.5) is 18.0 Å². The number of aromatic nitrogens is 2. The highest BCUT2D eigenvalue weighted by Crippen LogP contribution is 2.52. The number of fused-ring (bicyclic) bond motifs is 1. The zero-order valence-corrected chi connectivity index (χ0v) is 21.3. The number of imidazole rings is 1. The summed E-state index contributed by atoms with van der Waals surface area (Å²) in [6.07, 6.45) is 0.963. The van der Waals surface area contributed by atoms with E-state index in [4.69, 9.17) is 4.74 Å². The summed E-state index contributed by atoms with van der Waals surface area (Å²) in [4.78, 5) is 35.4. The van der Waals surface area contributed by atoms with Crippen LogP contribution in [0, 0.1) is 17.8 Å². The lowest BCUT2D eigenvalue weighted by molar-refractivity contribution is -0.274. The van der Waals surface area contributed by atoms with Crippen LogP contribution in [0.25, 0.3) is 0 Å². The maximum Gasteiger partial charge on any atom is 0.573 e. The minimum Gasteiger partial charge on any atom is -0.406 e. The monoisotopic (exact) mass is 535 g/mol. The Morgan fingerprint density at radius 2 is 1.87 bits per heavy atom. The fourth-order valence-electron chi connectivity index (χ4n) is 5.69. The van der Waals surface area contributed by atoms with E-state index in [2.05, 4.69) is 14.6 Å². The molecule has 0 N–H and O–H groups in total. The van der Waals surface area contributed by atoms with Crippen molar-refractivity contribution in [2.24, 2.45) is 24.8 Å². The first kappa shape index (κ1) is 26.3. The minimum absolute atomic E-state index is 0.0633. The van der Waals surface area contributed by atoms with E-state index >= 15 is 0 Å². The zero-order valence-electron chi connectivity index (χ0n) is 21.3. The lowest BCUT2D eigenvalue weighted by Gasteiger charge is -2.29. The van der Waals surface area contributed by atoms with Gasteiger partial charge in [0.2, 0.25) is 11.8 Å². The molecule has 2 amide bonds. The zero-order chi connectivity index (χ0) is 26.9. The van der Waals surface area contributed by atoms with Gasteiger partial charge in [0.1, 0.15) is 5.75 Å². The highest BCUT2D eigenvalue weighted by molar-refractivity contribution is 5.78. The molecule has 206 valence electrons. The second kappa shape index (κ2) is 10.8. The van der Waals surface area contributed by atoms with Crippen molar-refractivity contribution in [1.29, 1.82) is 0 Å². The van der Waals surface area contributed by atoms with E-state index in [1.165, 1.54) is 35.8 Å². The number of carbonyl (C=O) groups is 2. The molecule has 1 saturated carbocycles. The molecule has 3 fully saturated rings. The largest absolute Gasteiger partial charge is 0.573 e. The van der Waals surface area contributed by atoms with Gasteiger partial charge in [-0.1, -0.05) is 12.1 Å². The van der Waals surface area contributed by atoms with Gasteiger partial charge in [-0.15, -0.1) is 13.2 Å². The Hall–Kier alpha value is -3.28. The summed E-state index contributed by atoms with van der Waals surface area (Å²) in [6, 6.07) is 5.60. The first-order valence-corrected chi connectivity index (χ1v) is 12.9. The molecule has 1 aromatic heterocycles. The van der Waals surface area contributed by atoms with E-state index in [1.807, 2.05) is 4.90 Å². The molecular weight excluding hydrogens is 503 g/mol. The third-order valence-electron chi connectivity index (χ3n) is 7.58. The number of hydrogen-bond acceptors (Lipinski definition) is 6. The number of ether oxygens (including phenoxy) is 2. The molecule has 0 radical (unpaired) electrons. The van der Waals surface area contributed by atoms with Gasteiger partial charge in [-0.05, 0) is 54.7 Å². The van der Waals surface area contributed by atoms with Crippen molar-refractivity contribution in [1.82, 2.24) is 24.3 Å². The molecule has 0 bridgehead atoms. The van der Waals surface area contributed by atoms with Gasteiger partial charge in [0.25, 0.3) is 0 Å². The molecule has 2 unspecified atom stereocenters. The van der Waals surface area contributed by atoms with Crippen LogP contribution in [0.3, 0.4) is 0 Å². The van der Waals surface area contributed by atoms with Gasteiger partial charge in [-0.25, -0.2) is 9.78 Å². The number of nitrogens with zero attached hydrogens (tertiary/aromatic N) is 5. The van der Waals surface area contributed by atoms with E-state index in [0.29, 0.717) is 30.5 Å². The summed E-state index contributed by atoms with van der Waals surface area (Å²) in [6.45, 7) is 4.17. The molecule has 2 atom stereocenters. The molecule has 0 spiro atoms. The van der Waals surface area contributed by atoms with Gasteiger partial charge in [-0.2, -0.15) is 0 Å². The smallest absolute Gasteiger partial charge is 0.406 e. The highest BCUT2D eigenvalue weighted by atomic mass is 19.4. The molecular formula is C26H32F3N5O4. The Morgan fingerprint density at radius 3 is 2.53 bits per heavy atom. The van der Waals surface area contributed by atoms with Crippen molar-refractivity contribution in [2.75, 3.05) is 39.3 Å². The standard InChI is InChI=1S/C26H32F3N5O4/c1-31-15-23(30-17-31)37-25(36)34(11-18-6-5-7-19(10-18)38-26(27,28)29)14-22-20-12-32(13-21(20)22)16-24(35)33-8-3-2-4-9-33/h5-7,10,15,17,20-22H,2-4,8-9,11-14,16H2,1H3. The Morgan fingerprint density at radius 1 is 1.13 bits per heavy atom. The number of likely N-dealkylation sites (tertiary alicyclic amines) is 2. The fraction of sp³-hybridized carbons (Fsp3) is 0.577. The SMILES string of the molecule is Cn1cnc(OC(=O)N(Cc2cccc(OC(F)(F)F)c2)CC2C3CN(CC(=O)N4CCCCC4)CC32)c1. The maximum absolute atomic E-state index is 13.1. The van der Waals surface area contributed by atoms with Crippen LogP contribution < -0.4 is 9.47 Å². The van der Waals surface area contributed by atoms with E-state index in [9.17, 15) is 22.8 Å². The Balaban J connectivity index is 1.20. The van der Waals surface area contributed by atoms with Crippen LogP contribution in [0.2, 0.25) is 0 Å². The second-order valence-corrected chi connectivity index (χ2v) is 10.4. The van der Waals surface area contributed by atoms with E-state index in [0.717, 1.165) is 39.0 Å². The molecule has 2 aromatic rings. The van der Waals surface area contributed by atoms with Crippen LogP contribution >= 0.6 is 0 Å². The van der Waals surface area contributed by atoms with Crippen molar-refractivity contribution < 1.29 is 32.2 Å². The Bertz CT molecular complexity index is 1140. The average molecular weight is 536 g/mol. The van der Waals surface area contributed by atoms with Crippen molar-refractivity contribution in [3.8, 4) is 11.6 Å². The highest BCUT2D eigenvalue weighted by Gasteiger charge is 2.56. The van der Waals surface area contributed by atoms with Gasteiger partial charge in [-0.3, -0.25) is 9.69 Å². The summed E-state index contributed by atoms with van der Waals surface area (Å²) < 4.78 is 49.2. The Labute approximate surface area is 219 Å². The van der Waals surface area contributed by atoms with Gasteiger partial charge in [0, 0.05) is 46.3 Å². The van der Waals surface area contributed by atoms with Crippen LogP contribution in [-0.2, 0) is 18.4 Å². The number of piperidine rings is 2. The van der Waals surface area contributed by atoms with Gasteiger partial charge in [0.15, 0.2) is 0 Å². The number of amides is 2. The number of benzene rings is 1. The molecule has 3 heterocycles. The van der Waals surface area contributed by atoms with Crippen molar-refractivity contribution in [3.05, 3.63) is 42.4 Å². The molecule has 1 aliphatic carbocycles. The second-order valence-electron chi connectivity index (χ2n) is 10.4. The van der Waals surface area contributed by atoms with Crippen molar-refractivity contribution in [2.45, 2.75) is 32.2 Å². The van der Waals surface area contributed by atoms with Gasteiger partial charge < -0.3 is 23.8 Å². The predicted molar refractivity (Wildman–Crippen MR) is 130 cm³/mol. The summed E-state index contributed by atoms with van der Waals surface area (Å²) in [7, 11) is 1.75. The third kappa shape index (κ3) is 6.58. The molecule has 1 aromatic carbocycles.